The smallest absolute Gasteiger partial charge is 0.241 e. The highest BCUT2D eigenvalue weighted by Crippen LogP contribution is 2.29. The molecule has 0 spiro atoms. The Hall–Kier alpha value is -1.92. The van der Waals surface area contributed by atoms with E-state index < -0.39 is 5.82 Å². The number of benzene rings is 1. The van der Waals surface area contributed by atoms with Gasteiger partial charge in [0.1, 0.15) is 5.65 Å². The molecule has 0 saturated heterocycles. The minimum Gasteiger partial charge on any atom is -0.434 e. The molecule has 0 fully saturated rings. The number of hydrogen-bond donors (Lipinski definition) is 1. The minimum atomic E-state index is -0.444. The van der Waals surface area contributed by atoms with Crippen LogP contribution in [-0.2, 0) is 6.42 Å². The number of aromatic nitrogens is 2. The van der Waals surface area contributed by atoms with Gasteiger partial charge in [-0.15, -0.1) is 0 Å². The Labute approximate surface area is 129 Å². The highest BCUT2D eigenvalue weighted by atomic mass is 79.9. The fraction of sp³-hybridized carbons (Fsp3) is 0.133. The van der Waals surface area contributed by atoms with Crippen molar-refractivity contribution >= 4 is 21.6 Å². The fourth-order valence-electron chi connectivity index (χ4n) is 2.13. The first-order chi connectivity index (χ1) is 10.2. The second kappa shape index (κ2) is 5.83. The number of nitrogens with zero attached hydrogens (tertiary/aromatic N) is 2. The highest BCUT2D eigenvalue weighted by molar-refractivity contribution is 9.10. The van der Waals surface area contributed by atoms with Crippen LogP contribution in [-0.4, -0.2) is 15.9 Å². The lowest BCUT2D eigenvalue weighted by atomic mass is 10.3. The SMILES string of the molecule is NCCc1c(Oc2ccc(Br)cc2F)nc2ccccn12. The number of halogens is 2. The van der Waals surface area contributed by atoms with Crippen molar-refractivity contribution in [3.63, 3.8) is 0 Å². The van der Waals surface area contributed by atoms with Crippen molar-refractivity contribution in [1.29, 1.82) is 0 Å². The molecule has 0 unspecified atom stereocenters. The summed E-state index contributed by atoms with van der Waals surface area (Å²) in [6.07, 6.45) is 2.48. The lowest BCUT2D eigenvalue weighted by Crippen LogP contribution is -2.06. The van der Waals surface area contributed by atoms with Gasteiger partial charge in [-0.2, -0.15) is 4.98 Å². The average Bonchev–Trinajstić information content (AvgIpc) is 2.81. The largest absolute Gasteiger partial charge is 0.434 e. The summed E-state index contributed by atoms with van der Waals surface area (Å²) in [5.74, 6) is 0.0767. The standard InChI is InChI=1S/C15H13BrFN3O/c16-10-4-5-13(11(17)9-10)21-15-12(6-7-18)20-8-2-1-3-14(20)19-15/h1-5,8-9H,6-7,18H2. The van der Waals surface area contributed by atoms with Crippen molar-refractivity contribution < 1.29 is 9.13 Å². The third-order valence-electron chi connectivity index (χ3n) is 3.07. The van der Waals surface area contributed by atoms with Crippen molar-refractivity contribution in [2.24, 2.45) is 5.73 Å². The van der Waals surface area contributed by atoms with Crippen LogP contribution in [0.25, 0.3) is 5.65 Å². The lowest BCUT2D eigenvalue weighted by molar-refractivity contribution is 0.424. The van der Waals surface area contributed by atoms with Crippen molar-refractivity contribution in [3.05, 3.63) is 58.6 Å². The summed E-state index contributed by atoms with van der Waals surface area (Å²) in [7, 11) is 0. The van der Waals surface area contributed by atoms with Crippen LogP contribution < -0.4 is 10.5 Å². The highest BCUT2D eigenvalue weighted by Gasteiger charge is 2.15. The Morgan fingerprint density at radius 3 is 2.90 bits per heavy atom. The third kappa shape index (κ3) is 2.77. The Kier molecular flexibility index (Phi) is 3.90. The summed E-state index contributed by atoms with van der Waals surface area (Å²) in [4.78, 5) is 4.40. The van der Waals surface area contributed by atoms with Gasteiger partial charge in [0.05, 0.1) is 5.69 Å². The number of hydrogen-bond acceptors (Lipinski definition) is 3. The van der Waals surface area contributed by atoms with Gasteiger partial charge in [-0.3, -0.25) is 0 Å². The summed E-state index contributed by atoms with van der Waals surface area (Å²) in [5, 5.41) is 0. The van der Waals surface area contributed by atoms with Crippen molar-refractivity contribution in [3.8, 4) is 11.6 Å². The van der Waals surface area contributed by atoms with Crippen LogP contribution >= 0.6 is 15.9 Å². The molecule has 2 aromatic heterocycles. The van der Waals surface area contributed by atoms with E-state index in [2.05, 4.69) is 20.9 Å². The van der Waals surface area contributed by atoms with Gasteiger partial charge in [-0.1, -0.05) is 22.0 Å². The Bertz CT molecular complexity index is 788. The van der Waals surface area contributed by atoms with Gasteiger partial charge in [0.15, 0.2) is 11.6 Å². The van der Waals surface area contributed by atoms with E-state index in [9.17, 15) is 4.39 Å². The molecule has 0 amide bonds. The van der Waals surface area contributed by atoms with Crippen LogP contribution in [0.5, 0.6) is 11.6 Å². The summed E-state index contributed by atoms with van der Waals surface area (Å²) >= 11 is 3.22. The van der Waals surface area contributed by atoms with Crippen molar-refractivity contribution in [2.75, 3.05) is 6.54 Å². The number of ether oxygens (including phenoxy) is 1. The van der Waals surface area contributed by atoms with E-state index >= 15 is 0 Å². The molecule has 0 aliphatic carbocycles. The molecular weight excluding hydrogens is 337 g/mol. The minimum absolute atomic E-state index is 0.139. The lowest BCUT2D eigenvalue weighted by Gasteiger charge is -2.07. The van der Waals surface area contributed by atoms with Gasteiger partial charge < -0.3 is 14.9 Å². The predicted molar refractivity (Wildman–Crippen MR) is 82.1 cm³/mol. The number of fused-ring (bicyclic) bond motifs is 1. The van der Waals surface area contributed by atoms with Crippen LogP contribution in [0.4, 0.5) is 4.39 Å². The molecule has 0 atom stereocenters. The number of rotatable bonds is 4. The molecule has 0 radical (unpaired) electrons. The molecule has 3 rings (SSSR count). The second-order valence-electron chi connectivity index (χ2n) is 4.51. The summed E-state index contributed by atoms with van der Waals surface area (Å²) < 4.78 is 22.1. The number of pyridine rings is 1. The average molecular weight is 350 g/mol. The van der Waals surface area contributed by atoms with Crippen LogP contribution in [0.3, 0.4) is 0 Å². The molecule has 2 N–H and O–H groups in total. The number of nitrogens with two attached hydrogens (primary N) is 1. The zero-order valence-corrected chi connectivity index (χ0v) is 12.7. The first-order valence-electron chi connectivity index (χ1n) is 6.48. The monoisotopic (exact) mass is 349 g/mol. The van der Waals surface area contributed by atoms with E-state index in [1.165, 1.54) is 6.07 Å². The van der Waals surface area contributed by atoms with E-state index in [-0.39, 0.29) is 5.75 Å². The molecule has 6 heteroatoms. The van der Waals surface area contributed by atoms with Crippen molar-refractivity contribution in [1.82, 2.24) is 9.38 Å². The van der Waals surface area contributed by atoms with E-state index in [0.717, 1.165) is 11.3 Å². The summed E-state index contributed by atoms with van der Waals surface area (Å²) in [6.45, 7) is 0.460. The molecule has 2 heterocycles. The quantitative estimate of drug-likeness (QED) is 0.783. The molecule has 4 nitrogen and oxygen atoms in total. The Morgan fingerprint density at radius 1 is 1.29 bits per heavy atom. The van der Waals surface area contributed by atoms with E-state index in [1.807, 2.05) is 28.8 Å². The van der Waals surface area contributed by atoms with Gasteiger partial charge in [0.25, 0.3) is 0 Å². The first-order valence-corrected chi connectivity index (χ1v) is 7.27. The summed E-state index contributed by atoms with van der Waals surface area (Å²) in [5.41, 5.74) is 7.22. The van der Waals surface area contributed by atoms with Gasteiger partial charge in [-0.25, -0.2) is 4.39 Å². The topological polar surface area (TPSA) is 52.5 Å². The maximum atomic E-state index is 13.9. The molecule has 108 valence electrons. The second-order valence-corrected chi connectivity index (χ2v) is 5.42. The first kappa shape index (κ1) is 14.0. The van der Waals surface area contributed by atoms with Crippen LogP contribution in [0, 0.1) is 5.82 Å². The molecular formula is C15H13BrFN3O. The zero-order chi connectivity index (χ0) is 14.8. The molecule has 0 bridgehead atoms. The zero-order valence-electron chi connectivity index (χ0n) is 11.1. The van der Waals surface area contributed by atoms with E-state index in [4.69, 9.17) is 10.5 Å². The van der Waals surface area contributed by atoms with E-state index in [0.29, 0.717) is 23.3 Å². The van der Waals surface area contributed by atoms with Gasteiger partial charge in [0.2, 0.25) is 5.88 Å². The Morgan fingerprint density at radius 2 is 2.14 bits per heavy atom. The maximum absolute atomic E-state index is 13.9. The molecule has 0 saturated carbocycles. The molecule has 0 aliphatic heterocycles. The Balaban J connectivity index is 2.05. The maximum Gasteiger partial charge on any atom is 0.241 e. The fourth-order valence-corrected chi connectivity index (χ4v) is 2.47. The van der Waals surface area contributed by atoms with E-state index in [1.54, 1.807) is 12.1 Å². The van der Waals surface area contributed by atoms with Crippen LogP contribution in [0.2, 0.25) is 0 Å². The van der Waals surface area contributed by atoms with Gasteiger partial charge in [0, 0.05) is 17.1 Å². The molecule has 1 aromatic carbocycles. The molecule has 21 heavy (non-hydrogen) atoms. The van der Waals surface area contributed by atoms with Crippen LogP contribution in [0.15, 0.2) is 47.1 Å². The third-order valence-corrected chi connectivity index (χ3v) is 3.57. The van der Waals surface area contributed by atoms with Crippen molar-refractivity contribution in [2.45, 2.75) is 6.42 Å². The molecule has 0 aliphatic rings. The van der Waals surface area contributed by atoms with Gasteiger partial charge in [-0.05, 0) is 36.9 Å². The normalized spacial score (nSPS) is 11.0. The molecule has 3 aromatic rings. The number of imidazole rings is 1. The predicted octanol–water partition coefficient (Wildman–Crippen LogP) is 3.53. The summed E-state index contributed by atoms with van der Waals surface area (Å²) in [6, 6.07) is 10.3. The van der Waals surface area contributed by atoms with Gasteiger partial charge >= 0.3 is 0 Å². The van der Waals surface area contributed by atoms with Crippen LogP contribution in [0.1, 0.15) is 5.69 Å².